The van der Waals surface area contributed by atoms with E-state index in [2.05, 4.69) is 15.0 Å². The van der Waals surface area contributed by atoms with E-state index in [0.717, 1.165) is 10.1 Å². The predicted molar refractivity (Wildman–Crippen MR) is 82.7 cm³/mol. The Balaban J connectivity index is 1.69. The second-order valence-corrected chi connectivity index (χ2v) is 5.64. The molecule has 0 bridgehead atoms. The van der Waals surface area contributed by atoms with Crippen LogP contribution in [0.3, 0.4) is 0 Å². The molecule has 3 heterocycles. The summed E-state index contributed by atoms with van der Waals surface area (Å²) in [6.07, 6.45) is 1.68. The van der Waals surface area contributed by atoms with E-state index in [1.807, 2.05) is 12.1 Å². The number of H-pyrrole nitrogens is 1. The largest absolute Gasteiger partial charge is 0.477 e. The number of thiazole rings is 1. The number of pyridine rings is 1. The van der Waals surface area contributed by atoms with Crippen LogP contribution in [0.25, 0.3) is 21.3 Å². The maximum Gasteiger partial charge on any atom is 0.352 e. The number of hydrogen-bond donors (Lipinski definition) is 2. The van der Waals surface area contributed by atoms with Crippen molar-refractivity contribution < 1.29 is 14.6 Å². The van der Waals surface area contributed by atoms with Crippen molar-refractivity contribution >= 4 is 38.6 Å². The summed E-state index contributed by atoms with van der Waals surface area (Å²) in [6.45, 7) is 0. The fourth-order valence-corrected chi connectivity index (χ4v) is 2.97. The number of carbonyl (C=O) groups is 1. The molecule has 0 saturated heterocycles. The summed E-state index contributed by atoms with van der Waals surface area (Å²) in [5, 5.41) is 10.3. The van der Waals surface area contributed by atoms with Gasteiger partial charge in [-0.2, -0.15) is 4.98 Å². The summed E-state index contributed by atoms with van der Waals surface area (Å²) < 4.78 is 6.69. The van der Waals surface area contributed by atoms with Gasteiger partial charge in [-0.1, -0.05) is 11.3 Å². The van der Waals surface area contributed by atoms with E-state index in [-0.39, 0.29) is 5.69 Å². The molecule has 0 amide bonds. The second kappa shape index (κ2) is 4.81. The molecule has 0 atom stereocenters. The molecule has 0 aliphatic rings. The molecule has 0 aliphatic heterocycles. The number of hydrogen-bond acceptors (Lipinski definition) is 5. The number of aromatic carboxylic acids is 1. The van der Waals surface area contributed by atoms with Crippen LogP contribution in [0.2, 0.25) is 0 Å². The van der Waals surface area contributed by atoms with Gasteiger partial charge >= 0.3 is 5.97 Å². The molecule has 0 radical (unpaired) electrons. The Hall–Kier alpha value is -2.93. The standard InChI is InChI=1S/C15H9N3O3S/c19-14(20)11-6-8-3-4-9(7-10(8)17-11)21-15-18-13-12(22-15)2-1-5-16-13/h1-7,17H,(H,19,20). The Morgan fingerprint density at radius 3 is 3.00 bits per heavy atom. The molecule has 7 heteroatoms. The summed E-state index contributed by atoms with van der Waals surface area (Å²) in [6, 6.07) is 10.7. The highest BCUT2D eigenvalue weighted by Crippen LogP contribution is 2.31. The molecule has 0 unspecified atom stereocenters. The maximum atomic E-state index is 11.0. The van der Waals surface area contributed by atoms with Crippen LogP contribution in [0.1, 0.15) is 10.5 Å². The number of fused-ring (bicyclic) bond motifs is 2. The first kappa shape index (κ1) is 12.8. The van der Waals surface area contributed by atoms with Gasteiger partial charge in [-0.05, 0) is 30.3 Å². The summed E-state index contributed by atoms with van der Waals surface area (Å²) >= 11 is 1.41. The lowest BCUT2D eigenvalue weighted by atomic mass is 10.2. The van der Waals surface area contributed by atoms with Gasteiger partial charge in [0.25, 0.3) is 5.19 Å². The van der Waals surface area contributed by atoms with Crippen molar-refractivity contribution in [3.05, 3.63) is 48.3 Å². The maximum absolute atomic E-state index is 11.0. The minimum atomic E-state index is -0.990. The quantitative estimate of drug-likeness (QED) is 0.603. The number of ether oxygens (including phenoxy) is 1. The molecule has 22 heavy (non-hydrogen) atoms. The average Bonchev–Trinajstić information content (AvgIpc) is 3.09. The van der Waals surface area contributed by atoms with Crippen LogP contribution in [-0.4, -0.2) is 26.0 Å². The van der Waals surface area contributed by atoms with Gasteiger partial charge in [0.2, 0.25) is 0 Å². The van der Waals surface area contributed by atoms with Gasteiger partial charge in [-0.15, -0.1) is 0 Å². The molecule has 108 valence electrons. The SMILES string of the molecule is O=C(O)c1cc2ccc(Oc3nc4ncccc4s3)cc2[nH]1. The third-order valence-corrected chi connectivity index (χ3v) is 4.06. The number of rotatable bonds is 3. The van der Waals surface area contributed by atoms with E-state index in [1.165, 1.54) is 11.3 Å². The highest BCUT2D eigenvalue weighted by atomic mass is 32.1. The Bertz CT molecular complexity index is 973. The van der Waals surface area contributed by atoms with E-state index < -0.39 is 5.97 Å². The number of aromatic nitrogens is 3. The predicted octanol–water partition coefficient (Wildman–Crippen LogP) is 3.66. The monoisotopic (exact) mass is 311 g/mol. The van der Waals surface area contributed by atoms with Crippen molar-refractivity contribution in [1.82, 2.24) is 15.0 Å². The van der Waals surface area contributed by atoms with Crippen molar-refractivity contribution in [3.63, 3.8) is 0 Å². The first-order chi connectivity index (χ1) is 10.7. The normalized spacial score (nSPS) is 11.1. The number of carboxylic acids is 1. The lowest BCUT2D eigenvalue weighted by Crippen LogP contribution is -1.94. The van der Waals surface area contributed by atoms with E-state index >= 15 is 0 Å². The van der Waals surface area contributed by atoms with Crippen molar-refractivity contribution in [1.29, 1.82) is 0 Å². The second-order valence-electron chi connectivity index (χ2n) is 4.64. The van der Waals surface area contributed by atoms with Gasteiger partial charge in [-0.25, -0.2) is 9.78 Å². The summed E-state index contributed by atoms with van der Waals surface area (Å²) in [5.74, 6) is -0.402. The van der Waals surface area contributed by atoms with Gasteiger partial charge in [0.1, 0.15) is 11.4 Å². The Morgan fingerprint density at radius 2 is 2.18 bits per heavy atom. The molecule has 0 saturated carbocycles. The molecule has 3 aromatic heterocycles. The highest BCUT2D eigenvalue weighted by molar-refractivity contribution is 7.20. The third-order valence-electron chi connectivity index (χ3n) is 3.17. The number of carboxylic acid groups (broad SMARTS) is 1. The van der Waals surface area contributed by atoms with Gasteiger partial charge in [0, 0.05) is 23.2 Å². The molecule has 6 nitrogen and oxygen atoms in total. The first-order valence-corrected chi connectivity index (χ1v) is 7.26. The fourth-order valence-electron chi connectivity index (χ4n) is 2.18. The zero-order valence-corrected chi connectivity index (χ0v) is 11.9. The van der Waals surface area contributed by atoms with Crippen LogP contribution in [0, 0.1) is 0 Å². The van der Waals surface area contributed by atoms with E-state index in [9.17, 15) is 4.79 Å². The van der Waals surface area contributed by atoms with Crippen LogP contribution in [0.15, 0.2) is 42.6 Å². The van der Waals surface area contributed by atoms with Crippen molar-refractivity contribution in [2.75, 3.05) is 0 Å². The molecule has 2 N–H and O–H groups in total. The van der Waals surface area contributed by atoms with E-state index in [4.69, 9.17) is 9.84 Å². The molecular formula is C15H9N3O3S. The van der Waals surface area contributed by atoms with Crippen molar-refractivity contribution in [2.45, 2.75) is 0 Å². The molecule has 4 aromatic rings. The minimum absolute atomic E-state index is 0.149. The van der Waals surface area contributed by atoms with Crippen LogP contribution in [-0.2, 0) is 0 Å². The van der Waals surface area contributed by atoms with E-state index in [1.54, 1.807) is 30.5 Å². The average molecular weight is 311 g/mol. The molecule has 4 rings (SSSR count). The lowest BCUT2D eigenvalue weighted by molar-refractivity contribution is 0.0691. The van der Waals surface area contributed by atoms with Crippen LogP contribution < -0.4 is 4.74 Å². The summed E-state index contributed by atoms with van der Waals surface area (Å²) in [7, 11) is 0. The first-order valence-electron chi connectivity index (χ1n) is 6.44. The molecule has 0 spiro atoms. The molecular weight excluding hydrogens is 302 g/mol. The van der Waals surface area contributed by atoms with Crippen molar-refractivity contribution in [3.8, 4) is 10.9 Å². The Kier molecular flexibility index (Phi) is 2.80. The summed E-state index contributed by atoms with van der Waals surface area (Å²) in [5.41, 5.74) is 1.50. The number of nitrogens with zero attached hydrogens (tertiary/aromatic N) is 2. The highest BCUT2D eigenvalue weighted by Gasteiger charge is 2.10. The Labute approximate surface area is 128 Å². The smallest absolute Gasteiger partial charge is 0.352 e. The topological polar surface area (TPSA) is 88.1 Å². The van der Waals surface area contributed by atoms with Crippen LogP contribution in [0.4, 0.5) is 0 Å². The summed E-state index contributed by atoms with van der Waals surface area (Å²) in [4.78, 5) is 22.3. The van der Waals surface area contributed by atoms with Gasteiger partial charge < -0.3 is 14.8 Å². The number of aromatic amines is 1. The molecule has 0 aliphatic carbocycles. The van der Waals surface area contributed by atoms with Crippen molar-refractivity contribution in [2.24, 2.45) is 0 Å². The molecule has 1 aromatic carbocycles. The third kappa shape index (κ3) is 2.17. The van der Waals surface area contributed by atoms with Crippen LogP contribution in [0.5, 0.6) is 10.9 Å². The van der Waals surface area contributed by atoms with Gasteiger partial charge in [-0.3, -0.25) is 0 Å². The number of benzene rings is 1. The fraction of sp³-hybridized carbons (Fsp3) is 0. The zero-order chi connectivity index (χ0) is 15.1. The van der Waals surface area contributed by atoms with Gasteiger partial charge in [0.05, 0.1) is 4.70 Å². The zero-order valence-electron chi connectivity index (χ0n) is 11.1. The minimum Gasteiger partial charge on any atom is -0.477 e. The Morgan fingerprint density at radius 1 is 1.27 bits per heavy atom. The number of nitrogens with one attached hydrogen (secondary N) is 1. The van der Waals surface area contributed by atoms with Crippen LogP contribution >= 0.6 is 11.3 Å². The molecule has 0 fully saturated rings. The van der Waals surface area contributed by atoms with Gasteiger partial charge in [0.15, 0.2) is 5.65 Å². The lowest BCUT2D eigenvalue weighted by Gasteiger charge is -2.00. The van der Waals surface area contributed by atoms with E-state index in [0.29, 0.717) is 22.1 Å².